The van der Waals surface area contributed by atoms with Gasteiger partial charge in [-0.2, -0.15) is 0 Å². The highest BCUT2D eigenvalue weighted by Gasteiger charge is 2.21. The molecular weight excluding hydrogens is 284 g/mol. The van der Waals surface area contributed by atoms with Gasteiger partial charge in [0.25, 0.3) is 5.91 Å². The van der Waals surface area contributed by atoms with Crippen LogP contribution < -0.4 is 11.1 Å². The van der Waals surface area contributed by atoms with E-state index in [2.05, 4.69) is 5.32 Å². The molecule has 2 rings (SSSR count). The van der Waals surface area contributed by atoms with Gasteiger partial charge in [0.2, 0.25) is 0 Å². The quantitative estimate of drug-likeness (QED) is 0.849. The molecule has 21 heavy (non-hydrogen) atoms. The van der Waals surface area contributed by atoms with Gasteiger partial charge in [-0.15, -0.1) is 11.3 Å². The normalized spacial score (nSPS) is 10.5. The standard InChI is InChI=1S/C16H18N2O2S/c1-8-5-6-12(9(2)7-8)18-16(20)13-10(3)14(11(4)19)21-15(13)17/h5-7H,17H2,1-4H3,(H,18,20). The van der Waals surface area contributed by atoms with Crippen LogP contribution in [0.15, 0.2) is 18.2 Å². The first-order chi connectivity index (χ1) is 9.81. The van der Waals surface area contributed by atoms with Gasteiger partial charge in [0.15, 0.2) is 5.78 Å². The minimum atomic E-state index is -0.277. The molecule has 1 amide bonds. The highest BCUT2D eigenvalue weighted by molar-refractivity contribution is 7.18. The number of carbonyl (C=O) groups excluding carboxylic acids is 2. The van der Waals surface area contributed by atoms with E-state index in [0.717, 1.165) is 28.2 Å². The number of nitrogen functional groups attached to an aromatic ring is 1. The number of aryl methyl sites for hydroxylation is 2. The molecule has 0 bridgehead atoms. The Morgan fingerprint density at radius 1 is 1.19 bits per heavy atom. The Balaban J connectivity index is 2.35. The van der Waals surface area contributed by atoms with Crippen molar-refractivity contribution < 1.29 is 9.59 Å². The van der Waals surface area contributed by atoms with E-state index >= 15 is 0 Å². The minimum Gasteiger partial charge on any atom is -0.390 e. The average molecular weight is 302 g/mol. The second-order valence-corrected chi connectivity index (χ2v) is 6.18. The van der Waals surface area contributed by atoms with Gasteiger partial charge in [0.05, 0.1) is 15.4 Å². The Morgan fingerprint density at radius 3 is 2.38 bits per heavy atom. The molecule has 0 saturated carbocycles. The lowest BCUT2D eigenvalue weighted by Crippen LogP contribution is -2.15. The summed E-state index contributed by atoms with van der Waals surface area (Å²) in [4.78, 5) is 24.5. The number of hydrogen-bond donors (Lipinski definition) is 2. The molecular formula is C16H18N2O2S. The second kappa shape index (κ2) is 5.69. The molecule has 1 heterocycles. The Kier molecular flexibility index (Phi) is 4.14. The van der Waals surface area contributed by atoms with Gasteiger partial charge < -0.3 is 11.1 Å². The molecule has 0 radical (unpaired) electrons. The van der Waals surface area contributed by atoms with Crippen LogP contribution in [0.3, 0.4) is 0 Å². The van der Waals surface area contributed by atoms with Crippen LogP contribution in [0, 0.1) is 20.8 Å². The highest BCUT2D eigenvalue weighted by atomic mass is 32.1. The van der Waals surface area contributed by atoms with Crippen LogP contribution in [-0.2, 0) is 0 Å². The van der Waals surface area contributed by atoms with Crippen molar-refractivity contribution in [1.82, 2.24) is 0 Å². The van der Waals surface area contributed by atoms with Gasteiger partial charge in [-0.05, 0) is 44.9 Å². The molecule has 0 fully saturated rings. The summed E-state index contributed by atoms with van der Waals surface area (Å²) in [6, 6.07) is 5.81. The molecule has 0 aliphatic heterocycles. The fourth-order valence-electron chi connectivity index (χ4n) is 2.29. The molecule has 5 heteroatoms. The molecule has 110 valence electrons. The largest absolute Gasteiger partial charge is 0.390 e. The number of hydrogen-bond acceptors (Lipinski definition) is 4. The smallest absolute Gasteiger partial charge is 0.258 e. The van der Waals surface area contributed by atoms with Crippen LogP contribution in [-0.4, -0.2) is 11.7 Å². The van der Waals surface area contributed by atoms with Gasteiger partial charge in [-0.3, -0.25) is 9.59 Å². The number of carbonyl (C=O) groups is 2. The summed E-state index contributed by atoms with van der Waals surface area (Å²) in [5.74, 6) is -0.351. The number of nitrogens with two attached hydrogens (primary N) is 1. The number of rotatable bonds is 3. The highest BCUT2D eigenvalue weighted by Crippen LogP contribution is 2.31. The number of ketones is 1. The van der Waals surface area contributed by atoms with Crippen LogP contribution in [0.2, 0.25) is 0 Å². The van der Waals surface area contributed by atoms with E-state index in [1.54, 1.807) is 6.92 Å². The Morgan fingerprint density at radius 2 is 1.86 bits per heavy atom. The van der Waals surface area contributed by atoms with Crippen LogP contribution >= 0.6 is 11.3 Å². The number of thiophene rings is 1. The molecule has 0 spiro atoms. The van der Waals surface area contributed by atoms with Crippen LogP contribution in [0.5, 0.6) is 0 Å². The SMILES string of the molecule is CC(=O)c1sc(N)c(C(=O)Nc2ccc(C)cc2C)c1C. The molecule has 2 aromatic rings. The van der Waals surface area contributed by atoms with Gasteiger partial charge in [0.1, 0.15) is 0 Å². The van der Waals surface area contributed by atoms with E-state index in [1.165, 1.54) is 6.92 Å². The van der Waals surface area contributed by atoms with E-state index in [4.69, 9.17) is 5.73 Å². The third-order valence-corrected chi connectivity index (χ3v) is 4.57. The average Bonchev–Trinajstić information content (AvgIpc) is 2.68. The lowest BCUT2D eigenvalue weighted by molar-refractivity contribution is 0.102. The van der Waals surface area contributed by atoms with E-state index in [-0.39, 0.29) is 11.7 Å². The van der Waals surface area contributed by atoms with Crippen molar-refractivity contribution in [1.29, 1.82) is 0 Å². The second-order valence-electron chi connectivity index (χ2n) is 5.12. The number of nitrogens with one attached hydrogen (secondary N) is 1. The number of amides is 1. The Hall–Kier alpha value is -2.14. The van der Waals surface area contributed by atoms with Crippen molar-refractivity contribution in [2.45, 2.75) is 27.7 Å². The summed E-state index contributed by atoms with van der Waals surface area (Å²) in [7, 11) is 0. The lowest BCUT2D eigenvalue weighted by atomic mass is 10.1. The topological polar surface area (TPSA) is 72.2 Å². The zero-order valence-corrected chi connectivity index (χ0v) is 13.4. The molecule has 0 aliphatic carbocycles. The summed E-state index contributed by atoms with van der Waals surface area (Å²) in [6.07, 6.45) is 0. The van der Waals surface area contributed by atoms with Crippen LogP contribution in [0.1, 0.15) is 43.6 Å². The van der Waals surface area contributed by atoms with Crippen molar-refractivity contribution in [3.63, 3.8) is 0 Å². The molecule has 3 N–H and O–H groups in total. The molecule has 1 aromatic heterocycles. The summed E-state index contributed by atoms with van der Waals surface area (Å²) in [5, 5.41) is 3.24. The first-order valence-corrected chi connectivity index (χ1v) is 7.41. The molecule has 0 unspecified atom stereocenters. The fourth-order valence-corrected chi connectivity index (χ4v) is 3.26. The third-order valence-electron chi connectivity index (χ3n) is 3.35. The minimum absolute atomic E-state index is 0.0743. The number of benzene rings is 1. The van der Waals surface area contributed by atoms with Crippen LogP contribution in [0.4, 0.5) is 10.7 Å². The first kappa shape index (κ1) is 15.3. The zero-order valence-electron chi connectivity index (χ0n) is 12.5. The third kappa shape index (κ3) is 2.97. The molecule has 0 atom stereocenters. The molecule has 0 saturated heterocycles. The fraction of sp³-hybridized carbons (Fsp3) is 0.250. The van der Waals surface area contributed by atoms with E-state index < -0.39 is 0 Å². The zero-order chi connectivity index (χ0) is 15.7. The van der Waals surface area contributed by atoms with Crippen molar-refractivity contribution in [3.05, 3.63) is 45.3 Å². The Bertz CT molecular complexity index is 732. The molecule has 4 nitrogen and oxygen atoms in total. The van der Waals surface area contributed by atoms with Gasteiger partial charge in [-0.25, -0.2) is 0 Å². The first-order valence-electron chi connectivity index (χ1n) is 6.59. The summed E-state index contributed by atoms with van der Waals surface area (Å²) in [6.45, 7) is 7.16. The van der Waals surface area contributed by atoms with Crippen molar-refractivity contribution in [2.24, 2.45) is 0 Å². The van der Waals surface area contributed by atoms with Crippen LogP contribution in [0.25, 0.3) is 0 Å². The van der Waals surface area contributed by atoms with Crippen molar-refractivity contribution in [3.8, 4) is 0 Å². The van der Waals surface area contributed by atoms with Gasteiger partial charge in [0, 0.05) is 5.69 Å². The van der Waals surface area contributed by atoms with Crippen molar-refractivity contribution in [2.75, 3.05) is 11.1 Å². The van der Waals surface area contributed by atoms with E-state index in [1.807, 2.05) is 32.0 Å². The maximum absolute atomic E-state index is 12.4. The summed E-state index contributed by atoms with van der Waals surface area (Å²) >= 11 is 1.16. The molecule has 1 aromatic carbocycles. The number of anilines is 2. The summed E-state index contributed by atoms with van der Waals surface area (Å²) in [5.41, 5.74) is 9.81. The maximum atomic E-state index is 12.4. The molecule has 0 aliphatic rings. The predicted molar refractivity (Wildman–Crippen MR) is 87.3 cm³/mol. The van der Waals surface area contributed by atoms with Gasteiger partial charge in [-0.1, -0.05) is 17.7 Å². The number of Topliss-reactive ketones (excluding diaryl/α,β-unsaturated/α-hetero) is 1. The van der Waals surface area contributed by atoms with E-state index in [0.29, 0.717) is 21.0 Å². The van der Waals surface area contributed by atoms with Crippen molar-refractivity contribution >= 4 is 33.7 Å². The predicted octanol–water partition coefficient (Wildman–Crippen LogP) is 3.71. The summed E-state index contributed by atoms with van der Waals surface area (Å²) < 4.78 is 0. The Labute approximate surface area is 128 Å². The monoisotopic (exact) mass is 302 g/mol. The van der Waals surface area contributed by atoms with E-state index in [9.17, 15) is 9.59 Å². The maximum Gasteiger partial charge on any atom is 0.258 e. The lowest BCUT2D eigenvalue weighted by Gasteiger charge is -2.09. The van der Waals surface area contributed by atoms with Gasteiger partial charge >= 0.3 is 0 Å².